The first-order valence-electron chi connectivity index (χ1n) is 15.2. The molecule has 6 rings (SSSR count). The molecule has 0 unspecified atom stereocenters. The maximum Gasteiger partial charge on any atom is 0.268 e. The molecule has 4 heterocycles. The normalized spacial score (nSPS) is 23.0. The first kappa shape index (κ1) is 31.8. The summed E-state index contributed by atoms with van der Waals surface area (Å²) < 4.78 is 28.7. The van der Waals surface area contributed by atoms with Crippen LogP contribution >= 0.6 is 23.2 Å². The molecule has 3 amide bonds. The van der Waals surface area contributed by atoms with Gasteiger partial charge in [-0.1, -0.05) is 68.6 Å². The number of amides is 3. The van der Waals surface area contributed by atoms with Crippen molar-refractivity contribution in [2.24, 2.45) is 5.41 Å². The molecular weight excluding hydrogens is 637 g/mol. The summed E-state index contributed by atoms with van der Waals surface area (Å²) in [6.45, 7) is 6.59. The summed E-state index contributed by atoms with van der Waals surface area (Å²) in [6.07, 6.45) is 2.38. The molecule has 10 nitrogen and oxygen atoms in total. The third-order valence-corrected chi connectivity index (χ3v) is 11.8. The largest absolute Gasteiger partial charge is 0.351 e. The Morgan fingerprint density at radius 2 is 1.69 bits per heavy atom. The number of piperazine rings is 1. The lowest BCUT2D eigenvalue weighted by atomic mass is 9.85. The predicted octanol–water partition coefficient (Wildman–Crippen LogP) is 4.67. The predicted molar refractivity (Wildman–Crippen MR) is 173 cm³/mol. The van der Waals surface area contributed by atoms with Gasteiger partial charge in [0.25, 0.3) is 5.91 Å². The summed E-state index contributed by atoms with van der Waals surface area (Å²) in [7, 11) is -4.05. The van der Waals surface area contributed by atoms with Crippen LogP contribution in [-0.4, -0.2) is 89.0 Å². The van der Waals surface area contributed by atoms with Crippen molar-refractivity contribution in [3.8, 4) is 0 Å². The van der Waals surface area contributed by atoms with E-state index in [4.69, 9.17) is 23.2 Å². The zero-order valence-electron chi connectivity index (χ0n) is 25.4. The highest BCUT2D eigenvalue weighted by atomic mass is 35.5. The number of piperidine rings is 1. The van der Waals surface area contributed by atoms with Crippen LogP contribution in [0, 0.1) is 5.41 Å². The van der Waals surface area contributed by atoms with Gasteiger partial charge in [-0.15, -0.1) is 0 Å². The molecule has 0 saturated carbocycles. The molecule has 3 aromatic rings. The molecule has 2 N–H and O–H groups in total. The van der Waals surface area contributed by atoms with E-state index < -0.39 is 27.5 Å². The monoisotopic (exact) mass is 673 g/mol. The summed E-state index contributed by atoms with van der Waals surface area (Å²) in [6, 6.07) is 11.5. The second-order valence-electron chi connectivity index (χ2n) is 13.3. The van der Waals surface area contributed by atoms with E-state index in [-0.39, 0.29) is 46.3 Å². The molecule has 0 spiro atoms. The average Bonchev–Trinajstić information content (AvgIpc) is 3.73. The number of hydrogen-bond acceptors (Lipinski definition) is 5. The molecule has 45 heavy (non-hydrogen) atoms. The lowest BCUT2D eigenvalue weighted by Crippen LogP contribution is -2.61. The van der Waals surface area contributed by atoms with Gasteiger partial charge in [-0.2, -0.15) is 4.31 Å². The molecule has 1 aromatic heterocycles. The van der Waals surface area contributed by atoms with Crippen molar-refractivity contribution in [2.75, 3.05) is 19.6 Å². The number of halogens is 2. The number of nitrogens with zero attached hydrogens (tertiary/aromatic N) is 3. The second-order valence-corrected chi connectivity index (χ2v) is 16.0. The zero-order chi connectivity index (χ0) is 32.3. The van der Waals surface area contributed by atoms with Crippen LogP contribution in [0.15, 0.2) is 53.4 Å². The quantitative estimate of drug-likeness (QED) is 0.394. The van der Waals surface area contributed by atoms with Gasteiger partial charge >= 0.3 is 0 Å². The summed E-state index contributed by atoms with van der Waals surface area (Å²) in [5.41, 5.74) is 0.643. The number of likely N-dealkylation sites (tertiary alicyclic amines) is 2. The minimum absolute atomic E-state index is 0.0127. The number of fused-ring (bicyclic) bond motifs is 3. The lowest BCUT2D eigenvalue weighted by Gasteiger charge is -2.41. The fourth-order valence-electron chi connectivity index (χ4n) is 6.87. The van der Waals surface area contributed by atoms with Crippen LogP contribution in [0.4, 0.5) is 0 Å². The van der Waals surface area contributed by atoms with Gasteiger partial charge < -0.3 is 20.1 Å². The standard InChI is InChI=1S/C32H37Cl2N5O5S/c1-32(2,3)28(36-29(40)25-14-19-8-4-5-9-24(19)35-25)31(42)38-18-21-16-22(38)17-37(21)30(41)26-10-6-7-13-39(26)45(43,44)27-12-11-20(33)15-23(27)34/h4-5,8-9,11-12,14-15,21-22,26,28,35H,6-7,10,13,16-18H2,1-3H3,(H,36,40)/t21-,22-,26+,28+/m0/s1. The van der Waals surface area contributed by atoms with Crippen LogP contribution in [-0.2, 0) is 19.6 Å². The molecule has 0 radical (unpaired) electrons. The van der Waals surface area contributed by atoms with Gasteiger partial charge in [0, 0.05) is 35.6 Å². The van der Waals surface area contributed by atoms with E-state index in [1.807, 2.05) is 45.0 Å². The van der Waals surface area contributed by atoms with Crippen molar-refractivity contribution in [1.82, 2.24) is 24.4 Å². The summed E-state index contributed by atoms with van der Waals surface area (Å²) in [5.74, 6) is -0.798. The van der Waals surface area contributed by atoms with Crippen LogP contribution in [0.5, 0.6) is 0 Å². The summed E-state index contributed by atoms with van der Waals surface area (Å²) >= 11 is 12.3. The first-order chi connectivity index (χ1) is 21.3. The number of carbonyl (C=O) groups is 3. The Balaban J connectivity index is 1.16. The Labute approximate surface area is 273 Å². The van der Waals surface area contributed by atoms with E-state index in [1.165, 1.54) is 22.5 Å². The van der Waals surface area contributed by atoms with Gasteiger partial charge in [-0.3, -0.25) is 14.4 Å². The van der Waals surface area contributed by atoms with Crippen molar-refractivity contribution < 1.29 is 22.8 Å². The number of carbonyl (C=O) groups excluding carboxylic acids is 3. The molecule has 3 aliphatic heterocycles. The van der Waals surface area contributed by atoms with Gasteiger partial charge in [-0.25, -0.2) is 8.42 Å². The maximum absolute atomic E-state index is 14.0. The van der Waals surface area contributed by atoms with E-state index >= 15 is 0 Å². The van der Waals surface area contributed by atoms with Crippen LogP contribution in [0.1, 0.15) is 56.9 Å². The van der Waals surface area contributed by atoms with E-state index in [0.29, 0.717) is 43.1 Å². The third-order valence-electron chi connectivity index (χ3n) is 9.19. The fraction of sp³-hybridized carbons (Fsp3) is 0.469. The second kappa shape index (κ2) is 11.9. The molecular formula is C32H37Cl2N5O5S. The Hall–Kier alpha value is -3.12. The highest BCUT2D eigenvalue weighted by molar-refractivity contribution is 7.89. The Kier molecular flexibility index (Phi) is 8.43. The topological polar surface area (TPSA) is 123 Å². The van der Waals surface area contributed by atoms with Gasteiger partial charge in [-0.05, 0) is 55.0 Å². The van der Waals surface area contributed by atoms with Gasteiger partial charge in [0.1, 0.15) is 22.7 Å². The van der Waals surface area contributed by atoms with Crippen LogP contribution in [0.25, 0.3) is 10.9 Å². The maximum atomic E-state index is 14.0. The Bertz CT molecular complexity index is 1740. The summed E-state index contributed by atoms with van der Waals surface area (Å²) in [4.78, 5) is 47.8. The molecule has 3 saturated heterocycles. The number of sulfonamides is 1. The number of benzene rings is 2. The van der Waals surface area contributed by atoms with Crippen molar-refractivity contribution in [3.05, 3.63) is 64.3 Å². The SMILES string of the molecule is CC(C)(C)[C@H](NC(=O)c1cc2ccccc2[nH]1)C(=O)N1C[C@@H]2C[C@H]1CN2C(=O)[C@H]1CCCCN1S(=O)(=O)c1ccc(Cl)cc1Cl. The van der Waals surface area contributed by atoms with Gasteiger partial charge in [0.2, 0.25) is 21.8 Å². The molecule has 13 heteroatoms. The number of rotatable bonds is 6. The molecule has 4 atom stereocenters. The number of para-hydroxylation sites is 1. The van der Waals surface area contributed by atoms with E-state index in [1.54, 1.807) is 15.9 Å². The molecule has 2 aromatic carbocycles. The summed E-state index contributed by atoms with van der Waals surface area (Å²) in [5, 5.41) is 4.21. The van der Waals surface area contributed by atoms with Crippen molar-refractivity contribution in [3.63, 3.8) is 0 Å². The van der Waals surface area contributed by atoms with Crippen LogP contribution < -0.4 is 5.32 Å². The Morgan fingerprint density at radius 1 is 0.978 bits per heavy atom. The lowest BCUT2D eigenvalue weighted by molar-refractivity contribution is -0.144. The fourth-order valence-corrected chi connectivity index (χ4v) is 9.27. The number of H-pyrrole nitrogens is 1. The highest BCUT2D eigenvalue weighted by Crippen LogP contribution is 2.37. The minimum Gasteiger partial charge on any atom is -0.351 e. The molecule has 0 aliphatic carbocycles. The zero-order valence-corrected chi connectivity index (χ0v) is 27.8. The van der Waals surface area contributed by atoms with Crippen molar-refractivity contribution in [2.45, 2.75) is 75.5 Å². The smallest absolute Gasteiger partial charge is 0.268 e. The van der Waals surface area contributed by atoms with E-state index in [0.717, 1.165) is 17.3 Å². The number of aromatic amines is 1. The molecule has 3 fully saturated rings. The molecule has 2 bridgehead atoms. The number of nitrogens with one attached hydrogen (secondary N) is 2. The van der Waals surface area contributed by atoms with Crippen LogP contribution in [0.3, 0.4) is 0 Å². The molecule has 3 aliphatic rings. The number of aromatic nitrogens is 1. The number of hydrogen-bond donors (Lipinski definition) is 2. The minimum atomic E-state index is -4.05. The Morgan fingerprint density at radius 3 is 2.36 bits per heavy atom. The first-order valence-corrected chi connectivity index (χ1v) is 17.4. The van der Waals surface area contributed by atoms with E-state index in [9.17, 15) is 22.8 Å². The average molecular weight is 675 g/mol. The van der Waals surface area contributed by atoms with Crippen LogP contribution in [0.2, 0.25) is 10.0 Å². The third kappa shape index (κ3) is 5.95. The molecule has 240 valence electrons. The van der Waals surface area contributed by atoms with Crippen molar-refractivity contribution in [1.29, 1.82) is 0 Å². The van der Waals surface area contributed by atoms with Crippen molar-refractivity contribution >= 4 is 61.8 Å². The highest BCUT2D eigenvalue weighted by Gasteiger charge is 2.52. The van der Waals surface area contributed by atoms with E-state index in [2.05, 4.69) is 10.3 Å². The van der Waals surface area contributed by atoms with Gasteiger partial charge in [0.15, 0.2) is 0 Å². The van der Waals surface area contributed by atoms with Gasteiger partial charge in [0.05, 0.1) is 17.1 Å².